The molecule has 0 amide bonds. The van der Waals surface area contributed by atoms with Gasteiger partial charge in [-0.3, -0.25) is 0 Å². The Balaban J connectivity index is 2.09. The third-order valence-corrected chi connectivity index (χ3v) is 6.14. The van der Waals surface area contributed by atoms with E-state index >= 15 is 0 Å². The van der Waals surface area contributed by atoms with E-state index in [0.717, 1.165) is 59.4 Å². The smallest absolute Gasteiger partial charge is 0.120 e. The molecule has 0 spiro atoms. The summed E-state index contributed by atoms with van der Waals surface area (Å²) >= 11 is 0. The first-order chi connectivity index (χ1) is 14.1. The van der Waals surface area contributed by atoms with E-state index in [2.05, 4.69) is 22.3 Å². The maximum absolute atomic E-state index is 12.0. The van der Waals surface area contributed by atoms with Crippen LogP contribution in [0, 0.1) is 11.3 Å². The minimum atomic E-state index is -1.07. The van der Waals surface area contributed by atoms with E-state index in [1.807, 2.05) is 49.4 Å². The number of hydrogen-bond acceptors (Lipinski definition) is 3. The molecule has 0 radical (unpaired) electrons. The van der Waals surface area contributed by atoms with E-state index in [-0.39, 0.29) is 0 Å². The zero-order chi connectivity index (χ0) is 20.8. The SMILES string of the molecule is CCCCn1c(-c2ccc(NS(=O)CCC)cc2)c(C#N)c2ccc(OC)cc21. The van der Waals surface area contributed by atoms with E-state index in [1.54, 1.807) is 7.11 Å². The van der Waals surface area contributed by atoms with Crippen LogP contribution in [0.15, 0.2) is 42.5 Å². The second-order valence-corrected chi connectivity index (χ2v) is 8.26. The van der Waals surface area contributed by atoms with E-state index in [4.69, 9.17) is 4.74 Å². The highest BCUT2D eigenvalue weighted by Crippen LogP contribution is 2.36. The molecule has 2 aromatic carbocycles. The minimum absolute atomic E-state index is 0.618. The van der Waals surface area contributed by atoms with E-state index in [9.17, 15) is 9.47 Å². The zero-order valence-electron chi connectivity index (χ0n) is 17.2. The van der Waals surface area contributed by atoms with Crippen molar-refractivity contribution >= 4 is 27.6 Å². The highest BCUT2D eigenvalue weighted by molar-refractivity contribution is 7.86. The molecule has 1 aromatic heterocycles. The van der Waals surface area contributed by atoms with Gasteiger partial charge in [0.25, 0.3) is 0 Å². The Hall–Kier alpha value is -2.78. The molecule has 0 aliphatic heterocycles. The summed E-state index contributed by atoms with van der Waals surface area (Å²) in [7, 11) is 0.579. The molecule has 29 heavy (non-hydrogen) atoms. The van der Waals surface area contributed by atoms with E-state index < -0.39 is 11.0 Å². The second kappa shape index (κ2) is 9.62. The van der Waals surface area contributed by atoms with Crippen molar-refractivity contribution in [2.45, 2.75) is 39.7 Å². The third-order valence-electron chi connectivity index (χ3n) is 4.90. The fourth-order valence-corrected chi connectivity index (χ4v) is 4.35. The lowest BCUT2D eigenvalue weighted by Crippen LogP contribution is -2.07. The Bertz CT molecular complexity index is 1050. The summed E-state index contributed by atoms with van der Waals surface area (Å²) in [5, 5.41) is 10.9. The van der Waals surface area contributed by atoms with Crippen LogP contribution in [0.3, 0.4) is 0 Å². The molecule has 0 aliphatic carbocycles. The van der Waals surface area contributed by atoms with Gasteiger partial charge in [-0.05, 0) is 42.7 Å². The number of nitrogens with zero attached hydrogens (tertiary/aromatic N) is 2. The van der Waals surface area contributed by atoms with Crippen molar-refractivity contribution in [1.82, 2.24) is 4.57 Å². The zero-order valence-corrected chi connectivity index (χ0v) is 18.0. The van der Waals surface area contributed by atoms with Crippen LogP contribution >= 0.6 is 0 Å². The average Bonchev–Trinajstić information content (AvgIpc) is 3.05. The number of aromatic nitrogens is 1. The molecule has 0 aliphatic rings. The lowest BCUT2D eigenvalue weighted by Gasteiger charge is -2.12. The topological polar surface area (TPSA) is 67.0 Å². The molecule has 5 nitrogen and oxygen atoms in total. The summed E-state index contributed by atoms with van der Waals surface area (Å²) < 4.78 is 22.6. The van der Waals surface area contributed by atoms with Crippen molar-refractivity contribution in [1.29, 1.82) is 5.26 Å². The lowest BCUT2D eigenvalue weighted by atomic mass is 10.1. The van der Waals surface area contributed by atoms with Crippen molar-refractivity contribution in [2.24, 2.45) is 0 Å². The van der Waals surface area contributed by atoms with E-state index in [0.29, 0.717) is 11.3 Å². The lowest BCUT2D eigenvalue weighted by molar-refractivity contribution is 0.415. The molecule has 1 N–H and O–H groups in total. The van der Waals surface area contributed by atoms with Gasteiger partial charge >= 0.3 is 0 Å². The van der Waals surface area contributed by atoms with Crippen molar-refractivity contribution in [3.8, 4) is 23.1 Å². The standard InChI is InChI=1S/C23H27N3O2S/c1-4-6-13-26-22-15-19(28-3)11-12-20(22)21(16-24)23(26)17-7-9-18(10-8-17)25-29(27)14-5-2/h7-12,15,25H,4-6,13-14H2,1-3H3. The fourth-order valence-electron chi connectivity index (χ4n) is 3.48. The third kappa shape index (κ3) is 4.46. The van der Waals surface area contributed by atoms with Gasteiger partial charge in [0.15, 0.2) is 0 Å². The Labute approximate surface area is 174 Å². The number of nitriles is 1. The first-order valence-electron chi connectivity index (χ1n) is 9.98. The fraction of sp³-hybridized carbons (Fsp3) is 0.348. The van der Waals surface area contributed by atoms with Crippen LogP contribution in [-0.4, -0.2) is 21.6 Å². The number of benzene rings is 2. The predicted molar refractivity (Wildman–Crippen MR) is 120 cm³/mol. The number of hydrogen-bond donors (Lipinski definition) is 1. The minimum Gasteiger partial charge on any atom is -0.497 e. The average molecular weight is 410 g/mol. The maximum Gasteiger partial charge on any atom is 0.120 e. The van der Waals surface area contributed by atoms with Gasteiger partial charge in [-0.2, -0.15) is 5.26 Å². The molecule has 1 unspecified atom stereocenters. The molecule has 0 saturated carbocycles. The number of fused-ring (bicyclic) bond motifs is 1. The molecule has 3 rings (SSSR count). The van der Waals surface area contributed by atoms with Gasteiger partial charge in [0.1, 0.15) is 22.8 Å². The second-order valence-electron chi connectivity index (χ2n) is 6.95. The normalized spacial score (nSPS) is 11.9. The van der Waals surface area contributed by atoms with Crippen LogP contribution in [0.2, 0.25) is 0 Å². The maximum atomic E-state index is 12.0. The summed E-state index contributed by atoms with van der Waals surface area (Å²) in [5.41, 5.74) is 4.40. The molecule has 0 bridgehead atoms. The van der Waals surface area contributed by atoms with Gasteiger partial charge in [-0.15, -0.1) is 0 Å². The van der Waals surface area contributed by atoms with Gasteiger partial charge in [0.2, 0.25) is 0 Å². The van der Waals surface area contributed by atoms with Crippen LogP contribution in [-0.2, 0) is 17.5 Å². The predicted octanol–water partition coefficient (Wildman–Crippen LogP) is 5.47. The van der Waals surface area contributed by atoms with Gasteiger partial charge in [0, 0.05) is 29.4 Å². The summed E-state index contributed by atoms with van der Waals surface area (Å²) in [6, 6.07) is 16.1. The van der Waals surface area contributed by atoms with Crippen molar-refractivity contribution in [2.75, 3.05) is 17.6 Å². The van der Waals surface area contributed by atoms with Crippen LogP contribution in [0.25, 0.3) is 22.2 Å². The van der Waals surface area contributed by atoms with E-state index in [1.165, 1.54) is 0 Å². The molecule has 3 aromatic rings. The molecule has 1 heterocycles. The van der Waals surface area contributed by atoms with Crippen LogP contribution in [0.4, 0.5) is 5.69 Å². The summed E-state index contributed by atoms with van der Waals surface area (Å²) in [4.78, 5) is 0. The Morgan fingerprint density at radius 3 is 2.52 bits per heavy atom. The molecule has 0 saturated heterocycles. The van der Waals surface area contributed by atoms with Crippen LogP contribution in [0.1, 0.15) is 38.7 Å². The van der Waals surface area contributed by atoms with Crippen LogP contribution < -0.4 is 9.46 Å². The Morgan fingerprint density at radius 1 is 1.14 bits per heavy atom. The van der Waals surface area contributed by atoms with Crippen molar-refractivity contribution in [3.05, 3.63) is 48.0 Å². The summed E-state index contributed by atoms with van der Waals surface area (Å²) in [5.74, 6) is 1.40. The molecular weight excluding hydrogens is 382 g/mol. The Morgan fingerprint density at radius 2 is 1.90 bits per heavy atom. The van der Waals surface area contributed by atoms with Gasteiger partial charge in [-0.25, -0.2) is 4.21 Å². The monoisotopic (exact) mass is 409 g/mol. The summed E-state index contributed by atoms with van der Waals surface area (Å²) in [6.07, 6.45) is 2.95. The number of rotatable bonds is 9. The largest absolute Gasteiger partial charge is 0.497 e. The molecule has 6 heteroatoms. The molecule has 1 atom stereocenters. The first kappa shape index (κ1) is 20.9. The molecular formula is C23H27N3O2S. The van der Waals surface area contributed by atoms with Gasteiger partial charge in [-0.1, -0.05) is 32.4 Å². The van der Waals surface area contributed by atoms with Crippen LogP contribution in [0.5, 0.6) is 5.75 Å². The van der Waals surface area contributed by atoms with Crippen molar-refractivity contribution in [3.63, 3.8) is 0 Å². The summed E-state index contributed by atoms with van der Waals surface area (Å²) in [6.45, 7) is 5.00. The number of unbranched alkanes of at least 4 members (excludes halogenated alkanes) is 1. The number of nitrogens with one attached hydrogen (secondary N) is 1. The molecule has 152 valence electrons. The van der Waals surface area contributed by atoms with Gasteiger partial charge < -0.3 is 14.0 Å². The van der Waals surface area contributed by atoms with Crippen molar-refractivity contribution < 1.29 is 8.95 Å². The first-order valence-corrected chi connectivity index (χ1v) is 11.3. The Kier molecular flexibility index (Phi) is 6.95. The highest BCUT2D eigenvalue weighted by atomic mass is 32.2. The quantitative estimate of drug-likeness (QED) is 0.509. The number of methoxy groups -OCH3 is 1. The number of anilines is 1. The molecule has 0 fully saturated rings. The number of aryl methyl sites for hydroxylation is 1. The number of ether oxygens (including phenoxy) is 1. The van der Waals surface area contributed by atoms with Gasteiger partial charge in [0.05, 0.1) is 23.9 Å². The highest BCUT2D eigenvalue weighted by Gasteiger charge is 2.19.